The van der Waals surface area contributed by atoms with Gasteiger partial charge in [-0.3, -0.25) is 0 Å². The third-order valence-corrected chi connectivity index (χ3v) is 15.0. The summed E-state index contributed by atoms with van der Waals surface area (Å²) in [6.07, 6.45) is 0. The van der Waals surface area contributed by atoms with Gasteiger partial charge in [0.2, 0.25) is 0 Å². The fourth-order valence-electron chi connectivity index (χ4n) is 6.63. The van der Waals surface area contributed by atoms with E-state index in [2.05, 4.69) is 0 Å². The Morgan fingerprint density at radius 1 is 0.354 bits per heavy atom. The normalized spacial score (nSPS) is 13.9. The Morgan fingerprint density at radius 2 is 0.646 bits per heavy atom. The van der Waals surface area contributed by atoms with Crippen molar-refractivity contribution >= 4 is 46.1 Å². The molecule has 0 amide bonds. The van der Waals surface area contributed by atoms with Crippen molar-refractivity contribution in [2.45, 2.75) is 0 Å². The quantitative estimate of drug-likeness (QED) is 0.189. The van der Waals surface area contributed by atoms with E-state index in [9.17, 15) is 0 Å². The lowest BCUT2D eigenvalue weighted by atomic mass is 10.0. The van der Waals surface area contributed by atoms with Crippen molar-refractivity contribution < 1.29 is 28.1 Å². The molecule has 0 aromatic heterocycles. The summed E-state index contributed by atoms with van der Waals surface area (Å²) < 4.78 is 57.5. The number of hydrogen-bond acceptors (Lipinski definition) is 6. The van der Waals surface area contributed by atoms with E-state index in [1.165, 1.54) is 0 Å². The van der Waals surface area contributed by atoms with Crippen LogP contribution in [0.3, 0.4) is 0 Å². The second-order valence-corrected chi connectivity index (χ2v) is 17.0. The first-order valence-electron chi connectivity index (χ1n) is 15.9. The Bertz CT molecular complexity index is 1940. The van der Waals surface area contributed by atoms with Gasteiger partial charge < -0.3 is 28.1 Å². The van der Waals surface area contributed by atoms with E-state index in [1.54, 1.807) is 0 Å². The van der Waals surface area contributed by atoms with Crippen LogP contribution in [-0.4, -0.2) is 26.4 Å². The molecule has 6 aromatic rings. The highest BCUT2D eigenvalue weighted by Crippen LogP contribution is 2.56. The maximum atomic E-state index is 16.1. The largest absolute Gasteiger partial charge is 0.486 e. The lowest BCUT2D eigenvalue weighted by Gasteiger charge is -2.32. The fraction of sp³-hybridized carbons (Fsp3) is 0.100. The van der Waals surface area contributed by atoms with Crippen LogP contribution in [-0.2, 0) is 9.13 Å². The Kier molecular flexibility index (Phi) is 7.92. The van der Waals surface area contributed by atoms with Gasteiger partial charge in [-0.2, -0.15) is 0 Å². The van der Waals surface area contributed by atoms with Crippen molar-refractivity contribution in [3.05, 3.63) is 146 Å². The van der Waals surface area contributed by atoms with Crippen molar-refractivity contribution in [1.82, 2.24) is 0 Å². The first kappa shape index (κ1) is 30.3. The molecule has 6 nitrogen and oxygen atoms in total. The average Bonchev–Trinajstić information content (AvgIpc) is 3.18. The molecule has 0 N–H and O–H groups in total. The number of fused-ring (bicyclic) bond motifs is 2. The van der Waals surface area contributed by atoms with Crippen LogP contribution in [0.5, 0.6) is 23.0 Å². The number of ether oxygens (including phenoxy) is 4. The minimum Gasteiger partial charge on any atom is -0.486 e. The summed E-state index contributed by atoms with van der Waals surface area (Å²) in [6.45, 7) is 1.32. The van der Waals surface area contributed by atoms with E-state index in [0.29, 0.717) is 92.4 Å². The maximum absolute atomic E-state index is 16.1. The van der Waals surface area contributed by atoms with Gasteiger partial charge in [-0.05, 0) is 24.3 Å². The number of benzene rings is 6. The Balaban J connectivity index is 1.54. The lowest BCUT2D eigenvalue weighted by Crippen LogP contribution is -2.32. The molecule has 238 valence electrons. The predicted molar refractivity (Wildman–Crippen MR) is 193 cm³/mol. The van der Waals surface area contributed by atoms with Crippen LogP contribution >= 0.6 is 14.3 Å². The van der Waals surface area contributed by atoms with Crippen LogP contribution in [0.15, 0.2) is 146 Å². The molecular formula is C40H32O6P2. The summed E-state index contributed by atoms with van der Waals surface area (Å²) in [4.78, 5) is 0. The Morgan fingerprint density at radius 3 is 0.958 bits per heavy atom. The minimum absolute atomic E-state index is 0.293. The van der Waals surface area contributed by atoms with Crippen LogP contribution in [0.1, 0.15) is 0 Å². The van der Waals surface area contributed by atoms with Crippen molar-refractivity contribution in [2.24, 2.45) is 0 Å². The highest BCUT2D eigenvalue weighted by molar-refractivity contribution is 7.86. The SMILES string of the molecule is O=P(c1ccccc1)(c1ccccc1)c1ccc2c(c1-c1c(P(=O)(c3ccccc3)c3ccccc3)ccc3c1OCCO3)OCCO2. The second-order valence-electron chi connectivity index (χ2n) is 11.5. The summed E-state index contributed by atoms with van der Waals surface area (Å²) in [5.41, 5.74) is 1.04. The van der Waals surface area contributed by atoms with Crippen molar-refractivity contribution in [3.8, 4) is 34.1 Å². The molecule has 8 rings (SSSR count). The molecule has 6 aromatic carbocycles. The van der Waals surface area contributed by atoms with E-state index in [0.717, 1.165) is 0 Å². The highest BCUT2D eigenvalue weighted by atomic mass is 31.2. The van der Waals surface area contributed by atoms with Gasteiger partial charge >= 0.3 is 0 Å². The van der Waals surface area contributed by atoms with E-state index in [1.807, 2.05) is 146 Å². The molecule has 0 aliphatic carbocycles. The van der Waals surface area contributed by atoms with Crippen LogP contribution in [0.4, 0.5) is 0 Å². The molecule has 0 radical (unpaired) electrons. The van der Waals surface area contributed by atoms with Gasteiger partial charge in [-0.15, -0.1) is 0 Å². The molecule has 0 spiro atoms. The molecule has 2 heterocycles. The van der Waals surface area contributed by atoms with Gasteiger partial charge in [0.25, 0.3) is 0 Å². The number of rotatable bonds is 7. The zero-order valence-electron chi connectivity index (χ0n) is 26.0. The predicted octanol–water partition coefficient (Wildman–Crippen LogP) is 6.17. The summed E-state index contributed by atoms with van der Waals surface area (Å²) in [6, 6.07) is 45.4. The zero-order valence-corrected chi connectivity index (χ0v) is 27.8. The minimum atomic E-state index is -3.60. The van der Waals surface area contributed by atoms with Gasteiger partial charge in [-0.1, -0.05) is 121 Å². The van der Waals surface area contributed by atoms with Crippen LogP contribution in [0, 0.1) is 0 Å². The van der Waals surface area contributed by atoms with Gasteiger partial charge in [0.15, 0.2) is 37.3 Å². The van der Waals surface area contributed by atoms with Crippen molar-refractivity contribution in [1.29, 1.82) is 0 Å². The molecule has 0 unspecified atom stereocenters. The molecule has 0 saturated carbocycles. The molecule has 0 bridgehead atoms. The first-order valence-corrected chi connectivity index (χ1v) is 19.3. The summed E-state index contributed by atoms with van der Waals surface area (Å²) in [5.74, 6) is 1.90. The standard InChI is InChI=1S/C40H32O6P2/c41-47(29-13-5-1-6-14-29,30-15-7-2-8-16-30)35-23-21-33-39(45-27-25-43-33)37(35)38-36(24-22-34-40(38)46-28-26-44-34)48(42,31-17-9-3-10-18-31)32-19-11-4-12-20-32/h1-24H,25-28H2. The highest BCUT2D eigenvalue weighted by Gasteiger charge is 2.41. The van der Waals surface area contributed by atoms with Crippen LogP contribution in [0.25, 0.3) is 11.1 Å². The Labute approximate surface area is 279 Å². The monoisotopic (exact) mass is 670 g/mol. The van der Waals surface area contributed by atoms with E-state index in [-0.39, 0.29) is 0 Å². The fourth-order valence-corrected chi connectivity index (χ4v) is 12.3. The van der Waals surface area contributed by atoms with Gasteiger partial charge in [0.05, 0.1) is 0 Å². The topological polar surface area (TPSA) is 71.1 Å². The van der Waals surface area contributed by atoms with Crippen molar-refractivity contribution in [3.63, 3.8) is 0 Å². The molecule has 0 saturated heterocycles. The van der Waals surface area contributed by atoms with Gasteiger partial charge in [-0.25, -0.2) is 0 Å². The molecule has 8 heteroatoms. The van der Waals surface area contributed by atoms with Gasteiger partial charge in [0, 0.05) is 43.0 Å². The molecule has 48 heavy (non-hydrogen) atoms. The van der Waals surface area contributed by atoms with E-state index < -0.39 is 14.3 Å². The lowest BCUT2D eigenvalue weighted by molar-refractivity contribution is 0.170. The molecule has 0 fully saturated rings. The summed E-state index contributed by atoms with van der Waals surface area (Å²) in [5, 5.41) is 3.69. The van der Waals surface area contributed by atoms with Gasteiger partial charge in [0.1, 0.15) is 26.4 Å². The van der Waals surface area contributed by atoms with Crippen LogP contribution in [0.2, 0.25) is 0 Å². The maximum Gasteiger partial charge on any atom is 0.171 e. The van der Waals surface area contributed by atoms with E-state index in [4.69, 9.17) is 18.9 Å². The third kappa shape index (κ3) is 4.95. The van der Waals surface area contributed by atoms with Crippen LogP contribution < -0.4 is 50.8 Å². The number of hydrogen-bond donors (Lipinski definition) is 0. The zero-order chi connectivity index (χ0) is 32.6. The molecular weight excluding hydrogens is 638 g/mol. The Hall–Kier alpha value is -5.02. The smallest absolute Gasteiger partial charge is 0.171 e. The summed E-state index contributed by atoms with van der Waals surface area (Å²) in [7, 11) is -7.20. The summed E-state index contributed by atoms with van der Waals surface area (Å²) >= 11 is 0. The van der Waals surface area contributed by atoms with Crippen molar-refractivity contribution in [2.75, 3.05) is 26.4 Å². The van der Waals surface area contributed by atoms with E-state index >= 15 is 9.13 Å². The first-order chi connectivity index (χ1) is 23.6. The molecule has 2 aliphatic heterocycles. The average molecular weight is 671 g/mol. The second kappa shape index (κ2) is 12.5. The molecule has 0 atom stereocenters. The molecule has 2 aliphatic rings. The third-order valence-electron chi connectivity index (χ3n) is 8.78.